The SMILES string of the molecule is COCCOC(C)OP(=O)(O)OC(C)OCCOC. The summed E-state index contributed by atoms with van der Waals surface area (Å²) >= 11 is 0. The molecular weight excluding hydrogens is 279 g/mol. The average Bonchev–Trinajstić information content (AvgIpc) is 2.28. The quantitative estimate of drug-likeness (QED) is 0.326. The summed E-state index contributed by atoms with van der Waals surface area (Å²) in [6.45, 7) is 4.19. The zero-order chi connectivity index (χ0) is 14.7. The molecule has 0 amide bonds. The second kappa shape index (κ2) is 10.7. The highest BCUT2D eigenvalue weighted by atomic mass is 31.2. The van der Waals surface area contributed by atoms with Crippen molar-refractivity contribution in [3.05, 3.63) is 0 Å². The molecule has 0 heterocycles. The average molecular weight is 302 g/mol. The van der Waals surface area contributed by atoms with Gasteiger partial charge >= 0.3 is 7.82 Å². The van der Waals surface area contributed by atoms with E-state index in [0.717, 1.165) is 0 Å². The first-order valence-corrected chi connectivity index (χ1v) is 7.31. The van der Waals surface area contributed by atoms with E-state index in [-0.39, 0.29) is 13.2 Å². The molecule has 19 heavy (non-hydrogen) atoms. The van der Waals surface area contributed by atoms with Gasteiger partial charge in [-0.15, -0.1) is 0 Å². The maximum absolute atomic E-state index is 11.6. The van der Waals surface area contributed by atoms with Gasteiger partial charge in [0.15, 0.2) is 12.6 Å². The first-order valence-electron chi connectivity index (χ1n) is 5.82. The predicted molar refractivity (Wildman–Crippen MR) is 66.6 cm³/mol. The van der Waals surface area contributed by atoms with Crippen LogP contribution in [0.3, 0.4) is 0 Å². The molecule has 0 bridgehead atoms. The van der Waals surface area contributed by atoms with E-state index in [0.29, 0.717) is 13.2 Å². The minimum absolute atomic E-state index is 0.248. The van der Waals surface area contributed by atoms with Crippen molar-refractivity contribution in [2.75, 3.05) is 40.6 Å². The molecule has 116 valence electrons. The Morgan fingerprint density at radius 2 is 1.26 bits per heavy atom. The number of rotatable bonds is 12. The summed E-state index contributed by atoms with van der Waals surface area (Å²) in [6, 6.07) is 0. The molecule has 0 saturated heterocycles. The lowest BCUT2D eigenvalue weighted by molar-refractivity contribution is -0.125. The van der Waals surface area contributed by atoms with Crippen molar-refractivity contribution in [2.45, 2.75) is 26.4 Å². The van der Waals surface area contributed by atoms with Gasteiger partial charge in [0.1, 0.15) is 0 Å². The summed E-state index contributed by atoms with van der Waals surface area (Å²) in [5, 5.41) is 0. The van der Waals surface area contributed by atoms with Crippen LogP contribution in [0.2, 0.25) is 0 Å². The summed E-state index contributed by atoms with van der Waals surface area (Å²) < 4.78 is 40.8. The Balaban J connectivity index is 3.91. The Kier molecular flexibility index (Phi) is 10.7. The Hall–Kier alpha value is -0.0500. The molecule has 0 spiro atoms. The Bertz CT molecular complexity index is 240. The first-order chi connectivity index (χ1) is 8.91. The van der Waals surface area contributed by atoms with E-state index in [1.807, 2.05) is 0 Å². The molecule has 0 radical (unpaired) electrons. The number of ether oxygens (including phenoxy) is 4. The van der Waals surface area contributed by atoms with Gasteiger partial charge in [0.2, 0.25) is 0 Å². The second-order valence-corrected chi connectivity index (χ2v) is 4.90. The number of hydrogen-bond donors (Lipinski definition) is 1. The van der Waals surface area contributed by atoms with Gasteiger partial charge in [-0.1, -0.05) is 0 Å². The molecule has 0 fully saturated rings. The molecule has 0 aromatic heterocycles. The minimum Gasteiger partial charge on any atom is -0.382 e. The molecule has 0 aromatic rings. The summed E-state index contributed by atoms with van der Waals surface area (Å²) in [7, 11) is -1.19. The first kappa shape index (κ1) is 18.9. The largest absolute Gasteiger partial charge is 0.476 e. The Morgan fingerprint density at radius 3 is 1.58 bits per heavy atom. The van der Waals surface area contributed by atoms with E-state index in [4.69, 9.17) is 28.0 Å². The molecule has 2 unspecified atom stereocenters. The molecule has 0 saturated carbocycles. The van der Waals surface area contributed by atoms with Crippen LogP contribution in [0.4, 0.5) is 0 Å². The third kappa shape index (κ3) is 11.5. The molecule has 0 aliphatic carbocycles. The highest BCUT2D eigenvalue weighted by Gasteiger charge is 2.28. The van der Waals surface area contributed by atoms with Crippen LogP contribution in [0.1, 0.15) is 13.8 Å². The molecule has 0 aromatic carbocycles. The maximum atomic E-state index is 11.6. The summed E-state index contributed by atoms with van der Waals surface area (Å²) in [5.41, 5.74) is 0. The Morgan fingerprint density at radius 1 is 0.895 bits per heavy atom. The van der Waals surface area contributed by atoms with Crippen molar-refractivity contribution >= 4 is 7.82 Å². The van der Waals surface area contributed by atoms with E-state index in [2.05, 4.69) is 0 Å². The lowest BCUT2D eigenvalue weighted by Gasteiger charge is -2.20. The van der Waals surface area contributed by atoms with Crippen LogP contribution in [0, 0.1) is 0 Å². The van der Waals surface area contributed by atoms with Gasteiger partial charge < -0.3 is 23.8 Å². The number of phosphoric acid groups is 1. The summed E-state index contributed by atoms with van der Waals surface area (Å²) in [4.78, 5) is 9.46. The number of methoxy groups -OCH3 is 2. The maximum Gasteiger partial charge on any atom is 0.476 e. The van der Waals surface area contributed by atoms with Crippen molar-refractivity contribution in [3.8, 4) is 0 Å². The van der Waals surface area contributed by atoms with E-state index in [1.165, 1.54) is 28.1 Å². The molecule has 8 nitrogen and oxygen atoms in total. The topological polar surface area (TPSA) is 92.7 Å². The fourth-order valence-electron chi connectivity index (χ4n) is 1.06. The lowest BCUT2D eigenvalue weighted by Crippen LogP contribution is -2.19. The molecule has 2 atom stereocenters. The van der Waals surface area contributed by atoms with Gasteiger partial charge in [-0.2, -0.15) is 0 Å². The van der Waals surface area contributed by atoms with Gasteiger partial charge in [0.25, 0.3) is 0 Å². The van der Waals surface area contributed by atoms with Crippen LogP contribution in [0.15, 0.2) is 0 Å². The molecule has 0 aliphatic rings. The molecule has 9 heteroatoms. The second-order valence-electron chi connectivity index (χ2n) is 3.54. The van der Waals surface area contributed by atoms with E-state index >= 15 is 0 Å². The third-order valence-corrected chi connectivity index (χ3v) is 2.97. The third-order valence-electron chi connectivity index (χ3n) is 1.84. The van der Waals surface area contributed by atoms with Crippen LogP contribution >= 0.6 is 7.82 Å². The Labute approximate surface area is 113 Å². The van der Waals surface area contributed by atoms with Gasteiger partial charge in [-0.25, -0.2) is 4.57 Å². The van der Waals surface area contributed by atoms with Gasteiger partial charge in [-0.3, -0.25) is 9.05 Å². The van der Waals surface area contributed by atoms with Crippen LogP contribution in [0.5, 0.6) is 0 Å². The number of phosphoric ester groups is 1. The van der Waals surface area contributed by atoms with Crippen molar-refractivity contribution in [1.82, 2.24) is 0 Å². The standard InChI is InChI=1S/C10H23O8P/c1-9(15-7-5-13-3)17-19(11,12)18-10(2)16-8-6-14-4/h9-10H,5-8H2,1-4H3,(H,11,12). The molecule has 0 rings (SSSR count). The van der Waals surface area contributed by atoms with E-state index < -0.39 is 20.4 Å². The lowest BCUT2D eigenvalue weighted by atomic mass is 10.7. The van der Waals surface area contributed by atoms with Gasteiger partial charge in [-0.05, 0) is 13.8 Å². The van der Waals surface area contributed by atoms with Crippen LogP contribution in [-0.4, -0.2) is 58.1 Å². The van der Waals surface area contributed by atoms with Crippen molar-refractivity contribution in [2.24, 2.45) is 0 Å². The van der Waals surface area contributed by atoms with Crippen molar-refractivity contribution in [1.29, 1.82) is 0 Å². The van der Waals surface area contributed by atoms with E-state index in [1.54, 1.807) is 0 Å². The smallest absolute Gasteiger partial charge is 0.382 e. The minimum atomic E-state index is -4.23. The molecular formula is C10H23O8P. The van der Waals surface area contributed by atoms with Gasteiger partial charge in [0, 0.05) is 14.2 Å². The normalized spacial score (nSPS) is 17.9. The number of hydrogen-bond acceptors (Lipinski definition) is 7. The highest BCUT2D eigenvalue weighted by Crippen LogP contribution is 2.46. The summed E-state index contributed by atoms with van der Waals surface area (Å²) in [5.74, 6) is 0. The van der Waals surface area contributed by atoms with Crippen molar-refractivity contribution < 1.29 is 37.5 Å². The molecule has 1 N–H and O–H groups in total. The van der Waals surface area contributed by atoms with Crippen LogP contribution < -0.4 is 0 Å². The zero-order valence-corrected chi connectivity index (χ0v) is 12.6. The monoisotopic (exact) mass is 302 g/mol. The van der Waals surface area contributed by atoms with Crippen molar-refractivity contribution in [3.63, 3.8) is 0 Å². The fourth-order valence-corrected chi connectivity index (χ4v) is 1.98. The predicted octanol–water partition coefficient (Wildman–Crippen LogP) is 1.14. The van der Waals surface area contributed by atoms with Gasteiger partial charge in [0.05, 0.1) is 26.4 Å². The van der Waals surface area contributed by atoms with E-state index in [9.17, 15) is 9.46 Å². The summed E-state index contributed by atoms with van der Waals surface area (Å²) in [6.07, 6.45) is -1.78. The van der Waals surface area contributed by atoms with Crippen LogP contribution in [-0.2, 0) is 32.6 Å². The zero-order valence-electron chi connectivity index (χ0n) is 11.7. The molecule has 0 aliphatic heterocycles. The fraction of sp³-hybridized carbons (Fsp3) is 1.00. The van der Waals surface area contributed by atoms with Crippen LogP contribution in [0.25, 0.3) is 0 Å². The highest BCUT2D eigenvalue weighted by molar-refractivity contribution is 7.47.